The van der Waals surface area contributed by atoms with Gasteiger partial charge >= 0.3 is 5.97 Å². The van der Waals surface area contributed by atoms with Crippen LogP contribution in [-0.2, 0) is 19.1 Å². The highest BCUT2D eigenvalue weighted by Gasteiger charge is 2.20. The van der Waals surface area contributed by atoms with E-state index < -0.39 is 5.97 Å². The molecular weight excluding hydrogens is 208 g/mol. The van der Waals surface area contributed by atoms with Gasteiger partial charge in [-0.2, -0.15) is 0 Å². The Balaban J connectivity index is 4.66. The minimum Gasteiger partial charge on any atom is -0.500 e. The predicted molar refractivity (Wildman–Crippen MR) is 60.8 cm³/mol. The smallest absolute Gasteiger partial charge is 0.344 e. The third kappa shape index (κ3) is 5.53. The van der Waals surface area contributed by atoms with Crippen molar-refractivity contribution in [1.29, 1.82) is 0 Å². The second kappa shape index (κ2) is 7.91. The highest BCUT2D eigenvalue weighted by atomic mass is 16.5. The Morgan fingerprint density at radius 2 is 1.81 bits per heavy atom. The molecule has 0 aromatic carbocycles. The summed E-state index contributed by atoms with van der Waals surface area (Å²) in [5.41, 5.74) is -0.00241. The van der Waals surface area contributed by atoms with Crippen LogP contribution in [0.2, 0.25) is 0 Å². The normalized spacial score (nSPS) is 11.4. The minimum absolute atomic E-state index is 0.00241. The number of rotatable bonds is 7. The van der Waals surface area contributed by atoms with Gasteiger partial charge in [-0.1, -0.05) is 13.8 Å². The third-order valence-corrected chi connectivity index (χ3v) is 1.76. The fraction of sp³-hybridized carbons (Fsp3) is 0.667. The Bertz CT molecular complexity index is 266. The van der Waals surface area contributed by atoms with Gasteiger partial charge in [0.05, 0.1) is 13.2 Å². The van der Waals surface area contributed by atoms with Crippen LogP contribution in [0.1, 0.15) is 34.1 Å². The molecule has 0 aliphatic rings. The summed E-state index contributed by atoms with van der Waals surface area (Å²) in [6, 6.07) is 0. The Hall–Kier alpha value is -1.32. The van der Waals surface area contributed by atoms with Gasteiger partial charge in [0.2, 0.25) is 0 Å². The van der Waals surface area contributed by atoms with E-state index in [0.717, 1.165) is 0 Å². The van der Waals surface area contributed by atoms with Crippen molar-refractivity contribution >= 4 is 11.8 Å². The number of hydrogen-bond donors (Lipinski definition) is 0. The molecule has 0 saturated carbocycles. The van der Waals surface area contributed by atoms with Gasteiger partial charge in [0, 0.05) is 6.42 Å². The molecule has 0 radical (unpaired) electrons. The van der Waals surface area contributed by atoms with Gasteiger partial charge in [-0.15, -0.1) is 0 Å². The molecule has 0 N–H and O–H groups in total. The number of carbonyl (C=O) groups excluding carboxylic acids is 2. The molecule has 0 aliphatic carbocycles. The van der Waals surface area contributed by atoms with Gasteiger partial charge in [0.1, 0.15) is 11.8 Å². The van der Waals surface area contributed by atoms with E-state index >= 15 is 0 Å². The Morgan fingerprint density at radius 3 is 2.25 bits per heavy atom. The number of ketones is 1. The zero-order chi connectivity index (χ0) is 12.6. The van der Waals surface area contributed by atoms with Crippen LogP contribution in [0.5, 0.6) is 0 Å². The number of hydrogen-bond acceptors (Lipinski definition) is 4. The van der Waals surface area contributed by atoms with E-state index in [2.05, 4.69) is 0 Å². The lowest BCUT2D eigenvalue weighted by molar-refractivity contribution is -0.140. The van der Waals surface area contributed by atoms with Crippen LogP contribution >= 0.6 is 0 Å². The average Bonchev–Trinajstić information content (AvgIpc) is 2.17. The molecule has 4 nitrogen and oxygen atoms in total. The quantitative estimate of drug-likeness (QED) is 0.220. The topological polar surface area (TPSA) is 52.6 Å². The number of carbonyl (C=O) groups is 2. The first-order chi connectivity index (χ1) is 7.52. The molecule has 4 heteroatoms. The number of ether oxygens (including phenoxy) is 2. The molecule has 0 amide bonds. The van der Waals surface area contributed by atoms with E-state index in [1.807, 2.05) is 13.8 Å². The zero-order valence-electron chi connectivity index (χ0n) is 10.4. The lowest BCUT2D eigenvalue weighted by Crippen LogP contribution is -2.17. The van der Waals surface area contributed by atoms with Crippen molar-refractivity contribution in [1.82, 2.24) is 0 Å². The number of Topliss-reactive ketones (excluding diaryl/α,β-unsaturated/α-hetero) is 1. The summed E-state index contributed by atoms with van der Waals surface area (Å²) < 4.78 is 9.78. The summed E-state index contributed by atoms with van der Waals surface area (Å²) in [6.07, 6.45) is 1.51. The van der Waals surface area contributed by atoms with Crippen LogP contribution in [0, 0.1) is 5.92 Å². The molecule has 0 spiro atoms. The Labute approximate surface area is 96.6 Å². The van der Waals surface area contributed by atoms with Crippen LogP contribution in [0.15, 0.2) is 11.8 Å². The van der Waals surface area contributed by atoms with Gasteiger partial charge in [-0.05, 0) is 19.8 Å². The third-order valence-electron chi connectivity index (χ3n) is 1.76. The van der Waals surface area contributed by atoms with Crippen LogP contribution in [0.4, 0.5) is 0 Å². The summed E-state index contributed by atoms with van der Waals surface area (Å²) in [4.78, 5) is 23.2. The SMILES string of the molecule is CCOC=C(C(=O)CC(C)C)C(=O)OCC. The summed E-state index contributed by atoms with van der Waals surface area (Å²) >= 11 is 0. The monoisotopic (exact) mass is 228 g/mol. The van der Waals surface area contributed by atoms with Crippen molar-refractivity contribution in [2.75, 3.05) is 13.2 Å². The first-order valence-corrected chi connectivity index (χ1v) is 5.54. The molecule has 0 rings (SSSR count). The lowest BCUT2D eigenvalue weighted by atomic mass is 10.0. The molecule has 0 fully saturated rings. The van der Waals surface area contributed by atoms with Gasteiger partial charge < -0.3 is 9.47 Å². The van der Waals surface area contributed by atoms with Gasteiger partial charge in [0.15, 0.2) is 5.78 Å². The molecule has 0 aromatic heterocycles. The molecule has 0 unspecified atom stereocenters. The average molecular weight is 228 g/mol. The molecular formula is C12H20O4. The predicted octanol–water partition coefficient (Wildman–Crippen LogP) is 2.09. The van der Waals surface area contributed by atoms with Crippen molar-refractivity contribution in [2.45, 2.75) is 34.1 Å². The molecule has 0 aliphatic heterocycles. The standard InChI is InChI=1S/C12H20O4/c1-5-15-8-10(12(14)16-6-2)11(13)7-9(3)4/h8-9H,5-7H2,1-4H3. The van der Waals surface area contributed by atoms with E-state index in [4.69, 9.17) is 9.47 Å². The largest absolute Gasteiger partial charge is 0.500 e. The molecule has 92 valence electrons. The summed E-state index contributed by atoms with van der Waals surface area (Å²) in [5.74, 6) is -0.643. The first kappa shape index (κ1) is 14.7. The fourth-order valence-electron chi connectivity index (χ4n) is 1.08. The summed E-state index contributed by atoms with van der Waals surface area (Å²) in [6.45, 7) is 7.98. The van der Waals surface area contributed by atoms with Crippen molar-refractivity contribution < 1.29 is 19.1 Å². The zero-order valence-corrected chi connectivity index (χ0v) is 10.4. The summed E-state index contributed by atoms with van der Waals surface area (Å²) in [5, 5.41) is 0. The van der Waals surface area contributed by atoms with E-state index in [9.17, 15) is 9.59 Å². The van der Waals surface area contributed by atoms with Crippen LogP contribution in [0.25, 0.3) is 0 Å². The van der Waals surface area contributed by atoms with Crippen molar-refractivity contribution in [3.05, 3.63) is 11.8 Å². The Morgan fingerprint density at radius 1 is 1.19 bits per heavy atom. The van der Waals surface area contributed by atoms with E-state index in [0.29, 0.717) is 13.0 Å². The highest BCUT2D eigenvalue weighted by molar-refractivity contribution is 6.17. The Kier molecular flexibility index (Phi) is 7.25. The maximum absolute atomic E-state index is 11.7. The van der Waals surface area contributed by atoms with Gasteiger partial charge in [-0.25, -0.2) is 4.79 Å². The van der Waals surface area contributed by atoms with E-state index in [1.165, 1.54) is 6.26 Å². The molecule has 0 bridgehead atoms. The van der Waals surface area contributed by atoms with Crippen molar-refractivity contribution in [3.63, 3.8) is 0 Å². The molecule has 0 atom stereocenters. The number of esters is 1. The van der Waals surface area contributed by atoms with Crippen LogP contribution in [-0.4, -0.2) is 25.0 Å². The van der Waals surface area contributed by atoms with Gasteiger partial charge in [-0.3, -0.25) is 4.79 Å². The maximum atomic E-state index is 11.7. The maximum Gasteiger partial charge on any atom is 0.344 e. The molecule has 0 heterocycles. The van der Waals surface area contributed by atoms with Crippen LogP contribution < -0.4 is 0 Å². The minimum atomic E-state index is -0.610. The summed E-state index contributed by atoms with van der Waals surface area (Å²) in [7, 11) is 0. The fourth-order valence-corrected chi connectivity index (χ4v) is 1.08. The van der Waals surface area contributed by atoms with E-state index in [-0.39, 0.29) is 23.9 Å². The first-order valence-electron chi connectivity index (χ1n) is 5.54. The lowest BCUT2D eigenvalue weighted by Gasteiger charge is -2.07. The molecule has 16 heavy (non-hydrogen) atoms. The van der Waals surface area contributed by atoms with Crippen molar-refractivity contribution in [3.8, 4) is 0 Å². The molecule has 0 aromatic rings. The van der Waals surface area contributed by atoms with Crippen molar-refractivity contribution in [2.24, 2.45) is 5.92 Å². The van der Waals surface area contributed by atoms with Gasteiger partial charge in [0.25, 0.3) is 0 Å². The second-order valence-corrected chi connectivity index (χ2v) is 3.73. The highest BCUT2D eigenvalue weighted by Crippen LogP contribution is 2.09. The second-order valence-electron chi connectivity index (χ2n) is 3.73. The van der Waals surface area contributed by atoms with E-state index in [1.54, 1.807) is 13.8 Å². The van der Waals surface area contributed by atoms with Crippen LogP contribution in [0.3, 0.4) is 0 Å². The molecule has 0 saturated heterocycles.